The van der Waals surface area contributed by atoms with E-state index in [0.29, 0.717) is 0 Å². The van der Waals surface area contributed by atoms with E-state index in [0.717, 1.165) is 11.3 Å². The maximum Gasteiger partial charge on any atom is 0.183 e. The molecular weight excluding hydrogens is 778 g/mol. The molecule has 0 bridgehead atoms. The van der Waals surface area contributed by atoms with Gasteiger partial charge in [0.15, 0.2) is 12.5 Å². The Morgan fingerprint density at radius 1 is 0.673 bits per heavy atom. The van der Waals surface area contributed by atoms with Crippen LogP contribution in [0.2, 0.25) is 0 Å². The van der Waals surface area contributed by atoms with Crippen molar-refractivity contribution in [3.8, 4) is 44.6 Å². The first-order valence-corrected chi connectivity index (χ1v) is 16.1. The van der Waals surface area contributed by atoms with Crippen LogP contribution in [0.15, 0.2) is 164 Å². The molecule has 1 radical (unpaired) electrons. The van der Waals surface area contributed by atoms with E-state index in [2.05, 4.69) is 152 Å². The minimum absolute atomic E-state index is 0. The van der Waals surface area contributed by atoms with Crippen LogP contribution in [-0.4, -0.2) is 22.6 Å². The van der Waals surface area contributed by atoms with Crippen LogP contribution < -0.4 is 16.4 Å². The Morgan fingerprint density at radius 3 is 1.90 bits per heavy atom. The molecule has 0 saturated heterocycles. The number of aliphatic hydroxyl groups excluding tert-OH is 1. The van der Waals surface area contributed by atoms with Gasteiger partial charge in [-0.1, -0.05) is 149 Å². The van der Waals surface area contributed by atoms with E-state index in [4.69, 9.17) is 10.1 Å². The number of aromatic nitrogens is 1. The summed E-state index contributed by atoms with van der Waals surface area (Å²) in [4.78, 5) is 14.9. The summed E-state index contributed by atoms with van der Waals surface area (Å²) in [6, 6.07) is 55.9. The summed E-state index contributed by atoms with van der Waals surface area (Å²) in [5, 5.41) is 10.9. The molecule has 1 aliphatic heterocycles. The van der Waals surface area contributed by atoms with Gasteiger partial charge in [0.25, 0.3) is 0 Å². The topological polar surface area (TPSA) is 50.2 Å². The molecule has 0 aliphatic carbocycles. The van der Waals surface area contributed by atoms with Crippen molar-refractivity contribution in [1.82, 2.24) is 4.98 Å². The van der Waals surface area contributed by atoms with Gasteiger partial charge in [0, 0.05) is 32.4 Å². The number of carbonyl (C=O) groups is 1. The molecule has 239 valence electrons. The number of nitrogens with zero attached hydrogens (tertiary/aromatic N) is 1. The van der Waals surface area contributed by atoms with Gasteiger partial charge in [0.2, 0.25) is 0 Å². The van der Waals surface area contributed by atoms with Gasteiger partial charge in [0.05, 0.1) is 5.76 Å². The van der Waals surface area contributed by atoms with Gasteiger partial charge in [-0.15, -0.1) is 29.2 Å². The zero-order chi connectivity index (χ0) is 33.0. The molecule has 7 aromatic rings. The predicted molar refractivity (Wildman–Crippen MR) is 200 cm³/mol. The maximum atomic E-state index is 10.0. The van der Waals surface area contributed by atoms with Crippen molar-refractivity contribution in [3.05, 3.63) is 170 Å². The second kappa shape index (κ2) is 14.8. The predicted octanol–water partition coefficient (Wildman–Crippen LogP) is 8.57. The van der Waals surface area contributed by atoms with Crippen molar-refractivity contribution in [2.24, 2.45) is 0 Å². The SMILES string of the molecule is CC(=O)/C=C(/C)O.[Ir].[c-]1cc(-c2cccc3ccccc23)cc2c1-c1ncccc1B2c1c(-c2ccccc2)cccc1-c1ccccc1. The third-order valence-corrected chi connectivity index (χ3v) is 8.75. The zero-order valence-corrected chi connectivity index (χ0v) is 29.6. The number of hydrogen-bond acceptors (Lipinski definition) is 3. The number of pyridine rings is 1. The van der Waals surface area contributed by atoms with Gasteiger partial charge in [-0.05, 0) is 58.6 Å². The van der Waals surface area contributed by atoms with Crippen LogP contribution in [-0.2, 0) is 24.9 Å². The number of allylic oxidation sites excluding steroid dienone is 2. The first kappa shape index (κ1) is 33.6. The van der Waals surface area contributed by atoms with E-state index >= 15 is 0 Å². The van der Waals surface area contributed by atoms with Gasteiger partial charge >= 0.3 is 0 Å². The summed E-state index contributed by atoms with van der Waals surface area (Å²) in [7, 11) is 0. The minimum atomic E-state index is -0.125. The fourth-order valence-electron chi connectivity index (χ4n) is 6.83. The van der Waals surface area contributed by atoms with Crippen molar-refractivity contribution >= 4 is 39.7 Å². The average molecular weight is 811 g/mol. The third kappa shape index (κ3) is 6.82. The van der Waals surface area contributed by atoms with Crippen LogP contribution in [0.1, 0.15) is 13.8 Å². The van der Waals surface area contributed by atoms with E-state index in [9.17, 15) is 4.79 Å². The van der Waals surface area contributed by atoms with Crippen molar-refractivity contribution in [2.75, 3.05) is 0 Å². The van der Waals surface area contributed by atoms with Crippen molar-refractivity contribution in [3.63, 3.8) is 0 Å². The number of benzene rings is 6. The van der Waals surface area contributed by atoms with Crippen molar-refractivity contribution < 1.29 is 30.0 Å². The third-order valence-electron chi connectivity index (χ3n) is 8.75. The van der Waals surface area contributed by atoms with Crippen LogP contribution in [0.4, 0.5) is 0 Å². The molecule has 0 saturated carbocycles. The monoisotopic (exact) mass is 811 g/mol. The van der Waals surface area contributed by atoms with E-state index in [1.54, 1.807) is 0 Å². The van der Waals surface area contributed by atoms with E-state index in [-0.39, 0.29) is 38.4 Å². The van der Waals surface area contributed by atoms with Gasteiger partial charge < -0.3 is 10.1 Å². The molecule has 0 unspecified atom stereocenters. The number of rotatable bonds is 5. The zero-order valence-electron chi connectivity index (χ0n) is 27.2. The summed E-state index contributed by atoms with van der Waals surface area (Å²) in [5.74, 6) is -0.0625. The second-order valence-corrected chi connectivity index (χ2v) is 12.0. The van der Waals surface area contributed by atoms with E-state index in [1.807, 2.05) is 6.20 Å². The van der Waals surface area contributed by atoms with Gasteiger partial charge in [-0.3, -0.25) is 4.79 Å². The molecular formula is C44H33BIrNO2-. The fraction of sp³-hybridized carbons (Fsp3) is 0.0455. The Balaban J connectivity index is 0.000000474. The molecule has 1 aromatic heterocycles. The molecule has 0 fully saturated rings. The molecule has 8 rings (SSSR count). The molecule has 3 nitrogen and oxygen atoms in total. The van der Waals surface area contributed by atoms with E-state index < -0.39 is 0 Å². The van der Waals surface area contributed by atoms with Crippen LogP contribution in [0.5, 0.6) is 0 Å². The van der Waals surface area contributed by atoms with Crippen molar-refractivity contribution in [2.45, 2.75) is 13.8 Å². The fourth-order valence-corrected chi connectivity index (χ4v) is 6.83. The van der Waals surface area contributed by atoms with Crippen LogP contribution in [0.25, 0.3) is 55.4 Å². The number of ketones is 1. The minimum Gasteiger partial charge on any atom is -0.512 e. The molecule has 2 heterocycles. The van der Waals surface area contributed by atoms with Gasteiger partial charge in [-0.2, -0.15) is 0 Å². The Bertz CT molecular complexity index is 2230. The van der Waals surface area contributed by atoms with E-state index in [1.165, 1.54) is 80.5 Å². The summed E-state index contributed by atoms with van der Waals surface area (Å²) in [6.07, 6.45) is 3.07. The Hall–Kier alpha value is -5.35. The number of hydrogen-bond donors (Lipinski definition) is 1. The molecule has 6 aromatic carbocycles. The van der Waals surface area contributed by atoms with Gasteiger partial charge in [-0.25, -0.2) is 0 Å². The number of fused-ring (bicyclic) bond motifs is 4. The Labute approximate surface area is 301 Å². The first-order valence-electron chi connectivity index (χ1n) is 16.1. The normalized spacial score (nSPS) is 11.6. The number of aliphatic hydroxyl groups is 1. The smallest absolute Gasteiger partial charge is 0.183 e. The molecule has 0 spiro atoms. The summed E-state index contributed by atoms with van der Waals surface area (Å²) < 4.78 is 0. The van der Waals surface area contributed by atoms with Crippen molar-refractivity contribution in [1.29, 1.82) is 0 Å². The average Bonchev–Trinajstić information content (AvgIpc) is 3.45. The summed E-state index contributed by atoms with van der Waals surface area (Å²) in [5.41, 5.74) is 13.2. The molecule has 0 amide bonds. The molecule has 5 heteroatoms. The summed E-state index contributed by atoms with van der Waals surface area (Å²) in [6.45, 7) is 2.87. The largest absolute Gasteiger partial charge is 0.512 e. The first-order chi connectivity index (χ1) is 23.5. The van der Waals surface area contributed by atoms with Crippen LogP contribution in [0.3, 0.4) is 0 Å². The quantitative estimate of drug-likeness (QED) is 0.0821. The standard InChI is InChI=1S/C39H25BN.C5H8O2.Ir/c1-3-12-28(13-4-1)33-20-10-21-34(29-14-5-2-6-15-29)38(33)40-36-22-11-25-41-39(36)35-24-23-30(26-37(35)40)32-19-9-17-27-16-7-8-18-31(27)32;1-4(6)3-5(2)7;/h1-23,25-26H;3,6H,1-2H3;/q-1;;/b;4-3-;. The Morgan fingerprint density at radius 2 is 1.27 bits per heavy atom. The summed E-state index contributed by atoms with van der Waals surface area (Å²) >= 11 is 0. The molecule has 1 N–H and O–H groups in total. The van der Waals surface area contributed by atoms with Crippen LogP contribution >= 0.6 is 0 Å². The Kier molecular flexibility index (Phi) is 10.2. The molecule has 49 heavy (non-hydrogen) atoms. The molecule has 0 atom stereocenters. The molecule has 1 aliphatic rings. The van der Waals surface area contributed by atoms with Gasteiger partial charge in [0.1, 0.15) is 0 Å². The number of carbonyl (C=O) groups excluding carboxylic acids is 1. The maximum absolute atomic E-state index is 10.0. The second-order valence-electron chi connectivity index (χ2n) is 12.0. The van der Waals surface area contributed by atoms with Crippen LogP contribution in [0, 0.1) is 6.07 Å².